The third-order valence-corrected chi connectivity index (χ3v) is 2.51. The number of aromatic hydroxyl groups is 1. The Morgan fingerprint density at radius 1 is 1.53 bits per heavy atom. The molecule has 106 valence electrons. The fraction of sp³-hybridized carbons (Fsp3) is 0.417. The van der Waals surface area contributed by atoms with Crippen LogP contribution in [0.3, 0.4) is 0 Å². The van der Waals surface area contributed by atoms with E-state index in [0.29, 0.717) is 5.56 Å². The molecule has 0 aliphatic carbocycles. The summed E-state index contributed by atoms with van der Waals surface area (Å²) in [6.45, 7) is 2.57. The highest BCUT2D eigenvalue weighted by molar-refractivity contribution is 5.79. The molecule has 0 aliphatic heterocycles. The molecule has 0 amide bonds. The molecule has 0 radical (unpaired) electrons. The van der Waals surface area contributed by atoms with Gasteiger partial charge in [-0.15, -0.1) is 0 Å². The van der Waals surface area contributed by atoms with Crippen molar-refractivity contribution < 1.29 is 27.8 Å². The quantitative estimate of drug-likeness (QED) is 0.826. The highest BCUT2D eigenvalue weighted by Gasteiger charge is 2.48. The lowest BCUT2D eigenvalue weighted by Crippen LogP contribution is -2.41. The van der Waals surface area contributed by atoms with Gasteiger partial charge in [-0.1, -0.05) is 6.07 Å². The van der Waals surface area contributed by atoms with Gasteiger partial charge < -0.3 is 15.6 Å². The summed E-state index contributed by atoms with van der Waals surface area (Å²) in [5.74, 6) is -7.95. The van der Waals surface area contributed by atoms with Crippen molar-refractivity contribution >= 4 is 5.97 Å². The highest BCUT2D eigenvalue weighted by atomic mass is 19.3. The largest absolute Gasteiger partial charge is 0.505 e. The van der Waals surface area contributed by atoms with Crippen molar-refractivity contribution in [2.75, 3.05) is 6.61 Å². The number of hydrogen-bond donors (Lipinski definition) is 2. The molecule has 0 saturated heterocycles. The zero-order valence-corrected chi connectivity index (χ0v) is 10.4. The van der Waals surface area contributed by atoms with E-state index >= 15 is 0 Å². The number of carbonyl (C=O) groups excluding carboxylic acids is 1. The Kier molecular flexibility index (Phi) is 4.41. The van der Waals surface area contributed by atoms with Crippen molar-refractivity contribution in [2.45, 2.75) is 25.8 Å². The van der Waals surface area contributed by atoms with E-state index in [0.717, 1.165) is 12.1 Å². The number of aryl methyl sites for hydroxylation is 1. The van der Waals surface area contributed by atoms with Crippen LogP contribution in [-0.4, -0.2) is 23.6 Å². The number of rotatable bonds is 4. The fourth-order valence-corrected chi connectivity index (χ4v) is 1.55. The van der Waals surface area contributed by atoms with Crippen LogP contribution in [0.15, 0.2) is 12.1 Å². The summed E-state index contributed by atoms with van der Waals surface area (Å²) in [7, 11) is 0. The van der Waals surface area contributed by atoms with Gasteiger partial charge in [-0.2, -0.15) is 8.78 Å². The number of alkyl halides is 2. The molecule has 0 saturated carbocycles. The van der Waals surface area contributed by atoms with Gasteiger partial charge in [0.25, 0.3) is 0 Å². The van der Waals surface area contributed by atoms with E-state index in [-0.39, 0.29) is 6.61 Å². The molecule has 3 N–H and O–H groups in total. The zero-order chi connectivity index (χ0) is 14.8. The normalized spacial score (nSPS) is 13.2. The molecule has 0 unspecified atom stereocenters. The molecule has 0 bridgehead atoms. The van der Waals surface area contributed by atoms with Gasteiger partial charge in [-0.05, 0) is 25.5 Å². The van der Waals surface area contributed by atoms with E-state index in [2.05, 4.69) is 4.74 Å². The maximum Gasteiger partial charge on any atom is 0.379 e. The Morgan fingerprint density at radius 3 is 2.63 bits per heavy atom. The SMILES string of the molecule is CCOC(=O)C(F)(F)[C@@H](N)c1cc(C)cc(F)c1O. The van der Waals surface area contributed by atoms with Gasteiger partial charge in [-0.25, -0.2) is 9.18 Å². The number of phenols is 1. The maximum atomic E-state index is 13.7. The van der Waals surface area contributed by atoms with Gasteiger partial charge in [0, 0.05) is 5.56 Å². The number of phenolic OH excluding ortho intramolecular Hbond substituents is 1. The molecular formula is C12H14F3NO3. The van der Waals surface area contributed by atoms with Crippen molar-refractivity contribution in [1.82, 2.24) is 0 Å². The molecule has 0 aliphatic rings. The predicted molar refractivity (Wildman–Crippen MR) is 61.3 cm³/mol. The van der Waals surface area contributed by atoms with E-state index in [9.17, 15) is 23.1 Å². The van der Waals surface area contributed by atoms with Crippen LogP contribution in [-0.2, 0) is 9.53 Å². The summed E-state index contributed by atoms with van der Waals surface area (Å²) in [5, 5.41) is 9.43. The average Bonchev–Trinajstić information content (AvgIpc) is 2.33. The minimum atomic E-state index is -4.06. The molecule has 1 aromatic carbocycles. The van der Waals surface area contributed by atoms with E-state index in [1.807, 2.05) is 0 Å². The third kappa shape index (κ3) is 2.98. The lowest BCUT2D eigenvalue weighted by Gasteiger charge is -2.23. The Morgan fingerprint density at radius 2 is 2.11 bits per heavy atom. The van der Waals surface area contributed by atoms with Crippen LogP contribution in [0.4, 0.5) is 13.2 Å². The smallest absolute Gasteiger partial charge is 0.379 e. The Hall–Kier alpha value is -1.76. The second-order valence-corrected chi connectivity index (χ2v) is 4.01. The number of hydrogen-bond acceptors (Lipinski definition) is 4. The van der Waals surface area contributed by atoms with Gasteiger partial charge in [0.05, 0.1) is 6.61 Å². The third-order valence-electron chi connectivity index (χ3n) is 2.51. The first-order valence-corrected chi connectivity index (χ1v) is 5.51. The second kappa shape index (κ2) is 5.48. The monoisotopic (exact) mass is 277 g/mol. The molecule has 0 fully saturated rings. The molecule has 1 aromatic rings. The van der Waals surface area contributed by atoms with Gasteiger partial charge in [0.2, 0.25) is 0 Å². The number of esters is 1. The number of carbonyl (C=O) groups is 1. The van der Waals surface area contributed by atoms with Crippen LogP contribution < -0.4 is 5.73 Å². The first-order valence-electron chi connectivity index (χ1n) is 5.51. The number of ether oxygens (including phenoxy) is 1. The summed E-state index contributed by atoms with van der Waals surface area (Å²) in [4.78, 5) is 11.1. The summed E-state index contributed by atoms with van der Waals surface area (Å²) in [5.41, 5.74) is 5.01. The van der Waals surface area contributed by atoms with Crippen LogP contribution in [0, 0.1) is 12.7 Å². The van der Waals surface area contributed by atoms with E-state index in [1.54, 1.807) is 0 Å². The van der Waals surface area contributed by atoms with E-state index in [4.69, 9.17) is 5.73 Å². The minimum absolute atomic E-state index is 0.241. The van der Waals surface area contributed by atoms with Crippen LogP contribution in [0.1, 0.15) is 24.1 Å². The van der Waals surface area contributed by atoms with Gasteiger partial charge in [-0.3, -0.25) is 0 Å². The van der Waals surface area contributed by atoms with Crippen molar-refractivity contribution in [1.29, 1.82) is 0 Å². The number of halogens is 3. The molecule has 1 atom stereocenters. The zero-order valence-electron chi connectivity index (χ0n) is 10.4. The Labute approximate surface area is 108 Å². The number of nitrogens with two attached hydrogens (primary N) is 1. The van der Waals surface area contributed by atoms with Gasteiger partial charge in [0.1, 0.15) is 6.04 Å². The first-order chi connectivity index (χ1) is 8.71. The standard InChI is InChI=1S/C12H14F3NO3/c1-3-19-11(18)12(14,15)10(16)7-4-6(2)5-8(13)9(7)17/h4-5,10,17H,3,16H2,1-2H3/t10-/m0/s1. The molecule has 7 heteroatoms. The molecular weight excluding hydrogens is 263 g/mol. The Bertz CT molecular complexity index is 491. The van der Waals surface area contributed by atoms with Gasteiger partial charge >= 0.3 is 11.9 Å². The first kappa shape index (κ1) is 15.3. The molecule has 0 spiro atoms. The number of benzene rings is 1. The molecule has 0 aromatic heterocycles. The summed E-state index contributed by atoms with van der Waals surface area (Å²) < 4.78 is 44.9. The average molecular weight is 277 g/mol. The van der Waals surface area contributed by atoms with E-state index < -0.39 is 35.1 Å². The van der Waals surface area contributed by atoms with Crippen LogP contribution >= 0.6 is 0 Å². The minimum Gasteiger partial charge on any atom is -0.505 e. The summed E-state index contributed by atoms with van der Waals surface area (Å²) in [6.07, 6.45) is 0. The highest BCUT2D eigenvalue weighted by Crippen LogP contribution is 2.36. The molecule has 1 rings (SSSR count). The van der Waals surface area contributed by atoms with E-state index in [1.165, 1.54) is 13.8 Å². The predicted octanol–water partition coefficient (Wildman–Crippen LogP) is 2.04. The summed E-state index contributed by atoms with van der Waals surface area (Å²) in [6, 6.07) is -0.134. The molecule has 19 heavy (non-hydrogen) atoms. The molecule has 4 nitrogen and oxygen atoms in total. The second-order valence-electron chi connectivity index (χ2n) is 4.01. The van der Waals surface area contributed by atoms with Crippen LogP contribution in [0.25, 0.3) is 0 Å². The van der Waals surface area contributed by atoms with Crippen LogP contribution in [0.5, 0.6) is 5.75 Å². The van der Waals surface area contributed by atoms with Crippen molar-refractivity contribution in [3.63, 3.8) is 0 Å². The summed E-state index contributed by atoms with van der Waals surface area (Å²) >= 11 is 0. The van der Waals surface area contributed by atoms with Gasteiger partial charge in [0.15, 0.2) is 11.6 Å². The van der Waals surface area contributed by atoms with Crippen LogP contribution in [0.2, 0.25) is 0 Å². The lowest BCUT2D eigenvalue weighted by atomic mass is 9.98. The lowest BCUT2D eigenvalue weighted by molar-refractivity contribution is -0.174. The topological polar surface area (TPSA) is 72.5 Å². The maximum absolute atomic E-state index is 13.7. The fourth-order valence-electron chi connectivity index (χ4n) is 1.55. The van der Waals surface area contributed by atoms with Crippen molar-refractivity contribution in [2.24, 2.45) is 5.73 Å². The van der Waals surface area contributed by atoms with Crippen molar-refractivity contribution in [3.05, 3.63) is 29.1 Å². The molecule has 0 heterocycles. The Balaban J connectivity index is 3.19. The van der Waals surface area contributed by atoms with Crippen molar-refractivity contribution in [3.8, 4) is 5.75 Å².